The first-order valence-corrected chi connectivity index (χ1v) is 7.60. The van der Waals surface area contributed by atoms with Gasteiger partial charge in [-0.15, -0.1) is 0 Å². The first-order valence-electron chi connectivity index (χ1n) is 7.60. The summed E-state index contributed by atoms with van der Waals surface area (Å²) in [5.41, 5.74) is 3.17. The average molecular weight is 277 g/mol. The molecule has 1 aromatic rings. The summed E-state index contributed by atoms with van der Waals surface area (Å²) in [6.07, 6.45) is 0. The van der Waals surface area contributed by atoms with Gasteiger partial charge in [-0.1, -0.05) is 60.1 Å². The van der Waals surface area contributed by atoms with Crippen molar-refractivity contribution >= 4 is 5.91 Å². The third-order valence-corrected chi connectivity index (χ3v) is 2.88. The molecule has 0 fully saturated rings. The molecule has 20 heavy (non-hydrogen) atoms. The summed E-state index contributed by atoms with van der Waals surface area (Å²) in [5, 5.41) is 2.97. The number of carbonyl (C=O) groups is 1. The Labute approximate surface area is 125 Å². The van der Waals surface area contributed by atoms with Crippen molar-refractivity contribution in [1.29, 1.82) is 0 Å². The largest absolute Gasteiger partial charge is 0.352 e. The second-order valence-electron chi connectivity index (χ2n) is 6.44. The Morgan fingerprint density at radius 1 is 1.15 bits per heavy atom. The molecule has 0 radical (unpaired) electrons. The highest BCUT2D eigenvalue weighted by atomic mass is 16.1. The average Bonchev–Trinajstić information content (AvgIpc) is 2.36. The van der Waals surface area contributed by atoms with E-state index in [1.807, 2.05) is 32.9 Å². The number of carbonyl (C=O) groups excluding carboxylic acids is 1. The summed E-state index contributed by atoms with van der Waals surface area (Å²) >= 11 is 0. The molecule has 0 unspecified atom stereocenters. The minimum atomic E-state index is 0.0258. The van der Waals surface area contributed by atoms with Gasteiger partial charge in [0.05, 0.1) is 0 Å². The van der Waals surface area contributed by atoms with Crippen molar-refractivity contribution in [2.75, 3.05) is 6.54 Å². The number of hydrogen-bond donors (Lipinski definition) is 1. The van der Waals surface area contributed by atoms with E-state index >= 15 is 0 Å². The molecule has 1 amide bonds. The van der Waals surface area contributed by atoms with E-state index in [1.54, 1.807) is 0 Å². The molecule has 1 aromatic carbocycles. The number of amides is 1. The SMILES string of the molecule is CC.Cc1cc(C(=O)NCC(C)C)cc(C(C)(C)C)c1. The molecular weight excluding hydrogens is 246 g/mol. The lowest BCUT2D eigenvalue weighted by Crippen LogP contribution is -2.27. The maximum absolute atomic E-state index is 12.1. The summed E-state index contributed by atoms with van der Waals surface area (Å²) in [7, 11) is 0. The molecule has 2 heteroatoms. The third kappa shape index (κ3) is 6.23. The summed E-state index contributed by atoms with van der Waals surface area (Å²) < 4.78 is 0. The van der Waals surface area contributed by atoms with Crippen LogP contribution in [-0.2, 0) is 5.41 Å². The zero-order chi connectivity index (χ0) is 15.9. The van der Waals surface area contributed by atoms with Gasteiger partial charge in [0.2, 0.25) is 0 Å². The fourth-order valence-corrected chi connectivity index (χ4v) is 1.75. The highest BCUT2D eigenvalue weighted by Crippen LogP contribution is 2.24. The monoisotopic (exact) mass is 277 g/mol. The normalized spacial score (nSPS) is 10.8. The van der Waals surface area contributed by atoms with Gasteiger partial charge < -0.3 is 5.32 Å². The van der Waals surface area contributed by atoms with E-state index in [9.17, 15) is 4.79 Å². The van der Waals surface area contributed by atoms with E-state index < -0.39 is 0 Å². The van der Waals surface area contributed by atoms with Crippen molar-refractivity contribution in [3.63, 3.8) is 0 Å². The number of hydrogen-bond acceptors (Lipinski definition) is 1. The Kier molecular flexibility index (Phi) is 7.55. The number of nitrogens with one attached hydrogen (secondary N) is 1. The van der Waals surface area contributed by atoms with Crippen LogP contribution < -0.4 is 5.32 Å². The van der Waals surface area contributed by atoms with Crippen LogP contribution in [0.25, 0.3) is 0 Å². The van der Waals surface area contributed by atoms with Crippen molar-refractivity contribution in [3.8, 4) is 0 Å². The molecule has 1 rings (SSSR count). The molecule has 114 valence electrons. The molecule has 0 aliphatic heterocycles. The Morgan fingerprint density at radius 3 is 2.15 bits per heavy atom. The van der Waals surface area contributed by atoms with Crippen molar-refractivity contribution in [2.45, 2.75) is 60.8 Å². The highest BCUT2D eigenvalue weighted by Gasteiger charge is 2.16. The Hall–Kier alpha value is -1.31. The number of rotatable bonds is 3. The van der Waals surface area contributed by atoms with E-state index in [2.05, 4.69) is 46.0 Å². The van der Waals surface area contributed by atoms with Gasteiger partial charge >= 0.3 is 0 Å². The molecule has 1 N–H and O–H groups in total. The van der Waals surface area contributed by atoms with Gasteiger partial charge in [-0.2, -0.15) is 0 Å². The fourth-order valence-electron chi connectivity index (χ4n) is 1.75. The van der Waals surface area contributed by atoms with Gasteiger partial charge in [0.15, 0.2) is 0 Å². The van der Waals surface area contributed by atoms with Crippen LogP contribution in [0, 0.1) is 12.8 Å². The van der Waals surface area contributed by atoms with Gasteiger partial charge in [0.1, 0.15) is 0 Å². The van der Waals surface area contributed by atoms with Gasteiger partial charge in [0.25, 0.3) is 5.91 Å². The molecule has 0 spiro atoms. The summed E-state index contributed by atoms with van der Waals surface area (Å²) in [5.74, 6) is 0.499. The van der Waals surface area contributed by atoms with Crippen LogP contribution in [0.4, 0.5) is 0 Å². The maximum Gasteiger partial charge on any atom is 0.251 e. The van der Waals surface area contributed by atoms with Gasteiger partial charge in [-0.05, 0) is 36.0 Å². The van der Waals surface area contributed by atoms with E-state index in [0.29, 0.717) is 5.92 Å². The van der Waals surface area contributed by atoms with Gasteiger partial charge in [0, 0.05) is 12.1 Å². The first kappa shape index (κ1) is 18.7. The highest BCUT2D eigenvalue weighted by molar-refractivity contribution is 5.94. The van der Waals surface area contributed by atoms with Crippen molar-refractivity contribution < 1.29 is 4.79 Å². The summed E-state index contributed by atoms with van der Waals surface area (Å²) in [4.78, 5) is 12.1. The molecule has 0 atom stereocenters. The Bertz CT molecular complexity index is 428. The topological polar surface area (TPSA) is 29.1 Å². The summed E-state index contributed by atoms with van der Waals surface area (Å²) in [6, 6.07) is 6.10. The molecule has 0 saturated carbocycles. The lowest BCUT2D eigenvalue weighted by molar-refractivity contribution is 0.0949. The van der Waals surface area contributed by atoms with Gasteiger partial charge in [-0.25, -0.2) is 0 Å². The molecule has 0 saturated heterocycles. The van der Waals surface area contributed by atoms with Crippen molar-refractivity contribution in [1.82, 2.24) is 5.32 Å². The minimum Gasteiger partial charge on any atom is -0.352 e. The fraction of sp³-hybridized carbons (Fsp3) is 0.611. The number of aryl methyl sites for hydroxylation is 1. The summed E-state index contributed by atoms with van der Waals surface area (Å²) in [6.45, 7) is 17.4. The molecule has 0 aliphatic carbocycles. The molecule has 0 bridgehead atoms. The minimum absolute atomic E-state index is 0.0258. The lowest BCUT2D eigenvalue weighted by Gasteiger charge is -2.20. The van der Waals surface area contributed by atoms with E-state index in [1.165, 1.54) is 5.56 Å². The second kappa shape index (κ2) is 8.08. The molecule has 0 aromatic heterocycles. The third-order valence-electron chi connectivity index (χ3n) is 2.88. The quantitative estimate of drug-likeness (QED) is 0.852. The molecule has 0 heterocycles. The predicted octanol–water partition coefficient (Wildman–Crippen LogP) is 4.70. The van der Waals surface area contributed by atoms with Crippen molar-refractivity contribution in [3.05, 3.63) is 34.9 Å². The predicted molar refractivity (Wildman–Crippen MR) is 88.4 cm³/mol. The molecule has 2 nitrogen and oxygen atoms in total. The standard InChI is InChI=1S/C16H25NO.C2H6/c1-11(2)10-17-15(18)13-7-12(3)8-14(9-13)16(4,5)6;1-2/h7-9,11H,10H2,1-6H3,(H,17,18);1-2H3. The van der Waals surface area contributed by atoms with Gasteiger partial charge in [-0.3, -0.25) is 4.79 Å². The zero-order valence-electron chi connectivity index (χ0n) is 14.4. The van der Waals surface area contributed by atoms with Crippen LogP contribution in [0.3, 0.4) is 0 Å². The lowest BCUT2D eigenvalue weighted by atomic mass is 9.85. The van der Waals surface area contributed by atoms with E-state index in [4.69, 9.17) is 0 Å². The van der Waals surface area contributed by atoms with Crippen LogP contribution in [0.5, 0.6) is 0 Å². The zero-order valence-corrected chi connectivity index (χ0v) is 14.4. The maximum atomic E-state index is 12.1. The van der Waals surface area contributed by atoms with Crippen LogP contribution in [0.2, 0.25) is 0 Å². The number of benzene rings is 1. The van der Waals surface area contributed by atoms with Crippen LogP contribution in [0.15, 0.2) is 18.2 Å². The van der Waals surface area contributed by atoms with Crippen LogP contribution in [-0.4, -0.2) is 12.5 Å². The Balaban J connectivity index is 0.00000172. The van der Waals surface area contributed by atoms with Crippen LogP contribution >= 0.6 is 0 Å². The first-order chi connectivity index (χ1) is 9.20. The molecular formula is C18H31NO. The smallest absolute Gasteiger partial charge is 0.251 e. The molecule has 0 aliphatic rings. The van der Waals surface area contributed by atoms with E-state index in [-0.39, 0.29) is 11.3 Å². The van der Waals surface area contributed by atoms with Crippen molar-refractivity contribution in [2.24, 2.45) is 5.92 Å². The second-order valence-corrected chi connectivity index (χ2v) is 6.44. The Morgan fingerprint density at radius 2 is 1.70 bits per heavy atom. The van der Waals surface area contributed by atoms with E-state index in [0.717, 1.165) is 17.7 Å². The van der Waals surface area contributed by atoms with Crippen LogP contribution in [0.1, 0.15) is 70.0 Å².